The minimum absolute atomic E-state index is 0. The Balaban J connectivity index is 0.00000361. The highest BCUT2D eigenvalue weighted by molar-refractivity contribution is 7.89. The summed E-state index contributed by atoms with van der Waals surface area (Å²) in [6, 6.07) is 7.84. The molecule has 0 saturated heterocycles. The van der Waals surface area contributed by atoms with Crippen LogP contribution < -0.4 is 5.73 Å². The normalized spacial score (nSPS) is 11.8. The average Bonchev–Trinajstić information content (AvgIpc) is 2.38. The van der Waals surface area contributed by atoms with E-state index in [2.05, 4.69) is 0 Å². The lowest BCUT2D eigenvalue weighted by Gasteiger charge is -2.28. The zero-order chi connectivity index (χ0) is 14.7. The molecule has 0 spiro atoms. The van der Waals surface area contributed by atoms with E-state index in [0.717, 1.165) is 0 Å². The summed E-state index contributed by atoms with van der Waals surface area (Å²) in [4.78, 5) is 0.182. The molecule has 0 amide bonds. The lowest BCUT2D eigenvalue weighted by atomic mass is 9.94. The number of hydrogen-bond donors (Lipinski definition) is 1. The van der Waals surface area contributed by atoms with Crippen LogP contribution in [-0.4, -0.2) is 32.9 Å². The molecule has 1 aromatic carbocycles. The second kappa shape index (κ2) is 7.04. The third-order valence-corrected chi connectivity index (χ3v) is 4.71. The number of halogens is 1. The summed E-state index contributed by atoms with van der Waals surface area (Å²) in [5.74, 6) is 0. The van der Waals surface area contributed by atoms with Crippen molar-refractivity contribution in [1.82, 2.24) is 4.31 Å². The van der Waals surface area contributed by atoms with Crippen LogP contribution in [0.5, 0.6) is 0 Å². The van der Waals surface area contributed by atoms with Gasteiger partial charge in [-0.15, -0.1) is 12.4 Å². The Morgan fingerprint density at radius 2 is 1.80 bits per heavy atom. The highest BCUT2D eigenvalue weighted by atomic mass is 35.5. The van der Waals surface area contributed by atoms with Crippen molar-refractivity contribution in [3.05, 3.63) is 29.8 Å². The Morgan fingerprint density at radius 1 is 1.30 bits per heavy atom. The molecule has 0 aliphatic heterocycles. The molecule has 112 valence electrons. The van der Waals surface area contributed by atoms with Crippen molar-refractivity contribution in [3.63, 3.8) is 0 Å². The first-order valence-corrected chi connectivity index (χ1v) is 7.33. The van der Waals surface area contributed by atoms with Gasteiger partial charge in [0.15, 0.2) is 0 Å². The summed E-state index contributed by atoms with van der Waals surface area (Å²) < 4.78 is 25.9. The van der Waals surface area contributed by atoms with Crippen molar-refractivity contribution in [3.8, 4) is 6.07 Å². The monoisotopic (exact) mass is 317 g/mol. The molecule has 0 radical (unpaired) electrons. The minimum Gasteiger partial charge on any atom is -0.330 e. The summed E-state index contributed by atoms with van der Waals surface area (Å²) >= 11 is 0. The highest BCUT2D eigenvalue weighted by Gasteiger charge is 2.27. The molecule has 0 aromatic heterocycles. The van der Waals surface area contributed by atoms with Crippen molar-refractivity contribution >= 4 is 22.4 Å². The fourth-order valence-electron chi connectivity index (χ4n) is 1.63. The summed E-state index contributed by atoms with van der Waals surface area (Å²) in [7, 11) is -2.01. The van der Waals surface area contributed by atoms with E-state index >= 15 is 0 Å². The predicted molar refractivity (Wildman–Crippen MR) is 81.1 cm³/mol. The minimum atomic E-state index is -3.54. The molecule has 5 nitrogen and oxygen atoms in total. The van der Waals surface area contributed by atoms with E-state index in [1.165, 1.54) is 35.6 Å². The predicted octanol–water partition coefficient (Wildman–Crippen LogP) is 1.59. The fraction of sp³-hybridized carbons (Fsp3) is 0.462. The second-order valence-electron chi connectivity index (χ2n) is 5.27. The largest absolute Gasteiger partial charge is 0.330 e. The van der Waals surface area contributed by atoms with Gasteiger partial charge in [-0.05, 0) is 36.2 Å². The third-order valence-electron chi connectivity index (χ3n) is 2.89. The van der Waals surface area contributed by atoms with E-state index in [9.17, 15) is 8.42 Å². The molecular weight excluding hydrogens is 298 g/mol. The molecule has 0 bridgehead atoms. The molecule has 1 rings (SSSR count). The van der Waals surface area contributed by atoms with Crippen LogP contribution in [0.1, 0.15) is 19.4 Å². The Bertz CT molecular complexity index is 577. The lowest BCUT2D eigenvalue weighted by Crippen LogP contribution is -2.39. The van der Waals surface area contributed by atoms with Crippen LogP contribution in [-0.2, 0) is 10.0 Å². The zero-order valence-corrected chi connectivity index (χ0v) is 13.5. The lowest BCUT2D eigenvalue weighted by molar-refractivity contribution is 0.292. The molecule has 20 heavy (non-hydrogen) atoms. The molecule has 0 fully saturated rings. The number of nitrogens with two attached hydrogens (primary N) is 1. The second-order valence-corrected chi connectivity index (χ2v) is 7.31. The average molecular weight is 318 g/mol. The summed E-state index contributed by atoms with van der Waals surface area (Å²) in [6.07, 6.45) is 0. The number of sulfonamides is 1. The first-order chi connectivity index (χ1) is 8.73. The smallest absolute Gasteiger partial charge is 0.242 e. The molecule has 0 heterocycles. The Hall–Kier alpha value is -1.13. The summed E-state index contributed by atoms with van der Waals surface area (Å²) in [6.45, 7) is 4.57. The van der Waals surface area contributed by atoms with Gasteiger partial charge in [0.1, 0.15) is 0 Å². The fourth-order valence-corrected chi connectivity index (χ4v) is 2.99. The maximum absolute atomic E-state index is 12.3. The van der Waals surface area contributed by atoms with Crippen LogP contribution in [0.4, 0.5) is 0 Å². The molecule has 0 saturated carbocycles. The molecule has 0 aliphatic carbocycles. The molecule has 1 aromatic rings. The van der Waals surface area contributed by atoms with Gasteiger partial charge in [0.05, 0.1) is 16.5 Å². The SMILES string of the molecule is CN(CC(C)(C)CN)S(=O)(=O)c1ccc(C#N)cc1.Cl. The van der Waals surface area contributed by atoms with Crippen LogP contribution in [0.15, 0.2) is 29.2 Å². The van der Waals surface area contributed by atoms with Crippen LogP contribution in [0.25, 0.3) is 0 Å². The van der Waals surface area contributed by atoms with Crippen molar-refractivity contribution in [2.75, 3.05) is 20.1 Å². The molecule has 7 heteroatoms. The Labute approximate surface area is 126 Å². The molecule has 0 atom stereocenters. The maximum atomic E-state index is 12.3. The van der Waals surface area contributed by atoms with Crippen molar-refractivity contribution in [1.29, 1.82) is 5.26 Å². The van der Waals surface area contributed by atoms with E-state index in [1.807, 2.05) is 19.9 Å². The number of hydrogen-bond acceptors (Lipinski definition) is 4. The van der Waals surface area contributed by atoms with Crippen LogP contribution in [0, 0.1) is 16.7 Å². The summed E-state index contributed by atoms with van der Waals surface area (Å²) in [5.41, 5.74) is 5.77. The third kappa shape index (κ3) is 4.46. The van der Waals surface area contributed by atoms with Gasteiger partial charge in [-0.2, -0.15) is 5.26 Å². The molecular formula is C13H20ClN3O2S. The quantitative estimate of drug-likeness (QED) is 0.893. The maximum Gasteiger partial charge on any atom is 0.242 e. The van der Waals surface area contributed by atoms with Crippen molar-refractivity contribution < 1.29 is 8.42 Å². The molecule has 0 aliphatic rings. The van der Waals surface area contributed by atoms with Gasteiger partial charge < -0.3 is 5.73 Å². The Morgan fingerprint density at radius 3 is 2.20 bits per heavy atom. The highest BCUT2D eigenvalue weighted by Crippen LogP contribution is 2.20. The van der Waals surface area contributed by atoms with Gasteiger partial charge in [0.2, 0.25) is 10.0 Å². The van der Waals surface area contributed by atoms with Gasteiger partial charge in [0, 0.05) is 13.6 Å². The van der Waals surface area contributed by atoms with Gasteiger partial charge >= 0.3 is 0 Å². The first kappa shape index (κ1) is 18.9. The number of nitrogens with zero attached hydrogens (tertiary/aromatic N) is 2. The van der Waals surface area contributed by atoms with Gasteiger partial charge in [-0.1, -0.05) is 13.8 Å². The Kier molecular flexibility index (Phi) is 6.65. The van der Waals surface area contributed by atoms with Crippen LogP contribution in [0.2, 0.25) is 0 Å². The molecule has 2 N–H and O–H groups in total. The van der Waals surface area contributed by atoms with E-state index in [1.54, 1.807) is 0 Å². The van der Waals surface area contributed by atoms with E-state index in [4.69, 9.17) is 11.0 Å². The molecule has 0 unspecified atom stereocenters. The van der Waals surface area contributed by atoms with E-state index in [0.29, 0.717) is 18.7 Å². The number of nitriles is 1. The van der Waals surface area contributed by atoms with Gasteiger partial charge in [-0.25, -0.2) is 12.7 Å². The zero-order valence-electron chi connectivity index (χ0n) is 11.8. The number of benzene rings is 1. The topological polar surface area (TPSA) is 87.2 Å². The van der Waals surface area contributed by atoms with E-state index in [-0.39, 0.29) is 22.7 Å². The van der Waals surface area contributed by atoms with Gasteiger partial charge in [-0.3, -0.25) is 0 Å². The standard InChI is InChI=1S/C13H19N3O2S.ClH/c1-13(2,9-15)10-16(3)19(17,18)12-6-4-11(8-14)5-7-12;/h4-7H,9-10,15H2,1-3H3;1H. The van der Waals surface area contributed by atoms with Crippen molar-refractivity contribution in [2.24, 2.45) is 11.1 Å². The number of rotatable bonds is 5. The van der Waals surface area contributed by atoms with Crippen molar-refractivity contribution in [2.45, 2.75) is 18.7 Å². The first-order valence-electron chi connectivity index (χ1n) is 5.89. The van der Waals surface area contributed by atoms with E-state index < -0.39 is 10.0 Å². The van der Waals surface area contributed by atoms with Gasteiger partial charge in [0.25, 0.3) is 0 Å². The summed E-state index contributed by atoms with van der Waals surface area (Å²) in [5, 5.41) is 8.70. The van der Waals surface area contributed by atoms with Crippen LogP contribution in [0.3, 0.4) is 0 Å². The van der Waals surface area contributed by atoms with Crippen LogP contribution >= 0.6 is 12.4 Å².